The van der Waals surface area contributed by atoms with Gasteiger partial charge in [0.1, 0.15) is 36.6 Å². The highest BCUT2D eigenvalue weighted by molar-refractivity contribution is 7.46. The Labute approximate surface area is 247 Å². The number of nitrogens with two attached hydrogens (primary N) is 1. The Morgan fingerprint density at radius 1 is 0.844 bits per heavy atom. The molecule has 24 nitrogen and oxygen atoms in total. The minimum Gasteiger partial charge on any atom is -0.387 e. The molecule has 26 heteroatoms. The molecule has 2 saturated heterocycles. The third-order valence-corrected chi connectivity index (χ3v) is 7.31. The fourth-order valence-electron chi connectivity index (χ4n) is 4.29. The lowest BCUT2D eigenvalue weighted by Gasteiger charge is -2.16. The molecule has 2 fully saturated rings. The molecule has 2 aliphatic rings. The molecule has 0 spiro atoms. The van der Waals surface area contributed by atoms with Crippen molar-refractivity contribution in [2.24, 2.45) is 0 Å². The number of nitrogens with one attached hydrogen (secondary N) is 2. The zero-order valence-electron chi connectivity index (χ0n) is 22.3. The largest absolute Gasteiger partial charge is 0.469 e. The first kappa shape index (κ1) is 34.7. The summed E-state index contributed by atoms with van der Waals surface area (Å²) in [5, 5.41) is 39.6. The van der Waals surface area contributed by atoms with Gasteiger partial charge in [0, 0.05) is 12.3 Å². The first-order chi connectivity index (χ1) is 20.9. The summed E-state index contributed by atoms with van der Waals surface area (Å²) in [4.78, 5) is 80.8. The van der Waals surface area contributed by atoms with Crippen LogP contribution in [-0.2, 0) is 27.7 Å². The SMILES string of the molecule is Nc1nc2c(ncn2[C@@H]2O[C@H](COP(=O)(O)O)[C@@H](O)[C@H]2O)c(=O)[nH]1.O=c1ccn([C@@H]2O[C@H](COP(=O)(O)O)[C@@H](O)[C@H]2O)c(=O)[nH]1. The average molecular weight is 687 g/mol. The number of nitrogen functional groups attached to an aromatic ring is 1. The van der Waals surface area contributed by atoms with Crippen molar-refractivity contribution >= 4 is 32.8 Å². The number of aliphatic hydroxyl groups excluding tert-OH is 4. The lowest BCUT2D eigenvalue weighted by Crippen LogP contribution is -2.37. The zero-order chi connectivity index (χ0) is 33.4. The predicted molar refractivity (Wildman–Crippen MR) is 142 cm³/mol. The van der Waals surface area contributed by atoms with Crippen molar-refractivity contribution in [2.45, 2.75) is 49.1 Å². The van der Waals surface area contributed by atoms with Crippen LogP contribution >= 0.6 is 15.6 Å². The van der Waals surface area contributed by atoms with E-state index in [4.69, 9.17) is 34.8 Å². The maximum absolute atomic E-state index is 11.7. The number of hydrogen-bond acceptors (Lipinski definition) is 16. The van der Waals surface area contributed by atoms with E-state index >= 15 is 0 Å². The third-order valence-electron chi connectivity index (χ3n) is 6.34. The number of fused-ring (bicyclic) bond motifs is 1. The first-order valence-corrected chi connectivity index (χ1v) is 15.4. The fourth-order valence-corrected chi connectivity index (χ4v) is 4.97. The van der Waals surface area contributed by atoms with Crippen LogP contribution in [0.4, 0.5) is 5.95 Å². The van der Waals surface area contributed by atoms with Gasteiger partial charge in [-0.05, 0) is 0 Å². The van der Waals surface area contributed by atoms with E-state index in [1.54, 1.807) is 0 Å². The van der Waals surface area contributed by atoms with Gasteiger partial charge in [0.25, 0.3) is 11.1 Å². The van der Waals surface area contributed by atoms with Gasteiger partial charge in [0.05, 0.1) is 19.5 Å². The molecule has 0 saturated carbocycles. The van der Waals surface area contributed by atoms with Gasteiger partial charge in [-0.3, -0.25) is 37.7 Å². The Morgan fingerprint density at radius 3 is 1.84 bits per heavy atom. The summed E-state index contributed by atoms with van der Waals surface area (Å²) in [5.41, 5.74) is 3.33. The van der Waals surface area contributed by atoms with Gasteiger partial charge in [0.15, 0.2) is 23.6 Å². The molecule has 2 aliphatic heterocycles. The number of phosphoric acid groups is 2. The van der Waals surface area contributed by atoms with Gasteiger partial charge >= 0.3 is 21.3 Å². The smallest absolute Gasteiger partial charge is 0.387 e. The topological polar surface area (TPSA) is 377 Å². The van der Waals surface area contributed by atoms with Gasteiger partial charge < -0.3 is 55.2 Å². The summed E-state index contributed by atoms with van der Waals surface area (Å²) in [6.45, 7) is -1.33. The highest BCUT2D eigenvalue weighted by Gasteiger charge is 2.46. The Kier molecular flexibility index (Phi) is 10.2. The van der Waals surface area contributed by atoms with E-state index in [0.29, 0.717) is 0 Å². The number of ether oxygens (including phenoxy) is 2. The fraction of sp³-hybridized carbons (Fsp3) is 0.526. The molecular weight excluding hydrogens is 660 g/mol. The van der Waals surface area contributed by atoms with E-state index in [1.165, 1.54) is 10.9 Å². The molecule has 0 amide bonds. The average Bonchev–Trinajstić information content (AvgIpc) is 3.56. The van der Waals surface area contributed by atoms with E-state index in [9.17, 15) is 43.9 Å². The second-order valence-electron chi connectivity index (χ2n) is 9.46. The molecule has 3 aromatic heterocycles. The number of hydrogen-bond donors (Lipinski definition) is 11. The molecule has 5 rings (SSSR count). The lowest BCUT2D eigenvalue weighted by atomic mass is 10.1. The Hall–Kier alpha value is -3.19. The number of aromatic nitrogens is 6. The maximum atomic E-state index is 11.7. The van der Waals surface area contributed by atoms with Crippen LogP contribution in [0, 0.1) is 0 Å². The highest BCUT2D eigenvalue weighted by atomic mass is 31.2. The number of phosphoric ester groups is 2. The minimum atomic E-state index is -4.76. The van der Waals surface area contributed by atoms with Crippen LogP contribution in [0.3, 0.4) is 0 Å². The van der Waals surface area contributed by atoms with Crippen LogP contribution in [0.1, 0.15) is 12.5 Å². The number of nitrogens with zero attached hydrogens (tertiary/aromatic N) is 4. The summed E-state index contributed by atoms with van der Waals surface area (Å²) in [6.07, 6.45) is -8.80. The number of aliphatic hydroxyl groups is 4. The van der Waals surface area contributed by atoms with E-state index in [1.807, 2.05) is 4.98 Å². The monoisotopic (exact) mass is 687 g/mol. The van der Waals surface area contributed by atoms with Crippen molar-refractivity contribution in [1.29, 1.82) is 0 Å². The van der Waals surface area contributed by atoms with Crippen LogP contribution in [0.5, 0.6) is 0 Å². The minimum absolute atomic E-state index is 0.0176. The van der Waals surface area contributed by atoms with Crippen LogP contribution in [-0.4, -0.2) is 119 Å². The van der Waals surface area contributed by atoms with Crippen molar-refractivity contribution in [2.75, 3.05) is 18.9 Å². The van der Waals surface area contributed by atoms with E-state index in [0.717, 1.165) is 16.8 Å². The van der Waals surface area contributed by atoms with Crippen LogP contribution in [0.25, 0.3) is 11.2 Å². The van der Waals surface area contributed by atoms with E-state index in [2.05, 4.69) is 24.0 Å². The molecule has 250 valence electrons. The molecular formula is C19H27N7O17P2. The molecule has 0 radical (unpaired) electrons. The van der Waals surface area contributed by atoms with Crippen LogP contribution in [0.2, 0.25) is 0 Å². The highest BCUT2D eigenvalue weighted by Crippen LogP contribution is 2.39. The molecule has 0 aromatic carbocycles. The van der Waals surface area contributed by atoms with Gasteiger partial charge in [-0.1, -0.05) is 0 Å². The Morgan fingerprint density at radius 2 is 1.36 bits per heavy atom. The second kappa shape index (κ2) is 13.3. The van der Waals surface area contributed by atoms with Gasteiger partial charge in [-0.25, -0.2) is 18.9 Å². The van der Waals surface area contributed by atoms with Crippen LogP contribution < -0.4 is 22.5 Å². The molecule has 8 atom stereocenters. The van der Waals surface area contributed by atoms with Gasteiger partial charge in [-0.15, -0.1) is 0 Å². The normalized spacial score (nSPS) is 28.7. The zero-order valence-corrected chi connectivity index (χ0v) is 24.1. The molecule has 3 aromatic rings. The summed E-state index contributed by atoms with van der Waals surface area (Å²) >= 11 is 0. The van der Waals surface area contributed by atoms with Crippen molar-refractivity contribution in [1.82, 2.24) is 29.1 Å². The molecule has 0 aliphatic carbocycles. The molecule has 45 heavy (non-hydrogen) atoms. The maximum Gasteiger partial charge on any atom is 0.469 e. The van der Waals surface area contributed by atoms with Crippen molar-refractivity contribution in [3.05, 3.63) is 49.8 Å². The number of H-pyrrole nitrogens is 2. The number of anilines is 1. The van der Waals surface area contributed by atoms with Crippen molar-refractivity contribution in [3.63, 3.8) is 0 Å². The second-order valence-corrected chi connectivity index (χ2v) is 11.9. The summed E-state index contributed by atoms with van der Waals surface area (Å²) in [6, 6.07) is 1.02. The first-order valence-electron chi connectivity index (χ1n) is 12.3. The molecule has 0 bridgehead atoms. The number of aromatic amines is 2. The summed E-state index contributed by atoms with van der Waals surface area (Å²) in [5.74, 6) is -0.177. The number of imidazole rings is 1. The van der Waals surface area contributed by atoms with Gasteiger partial charge in [-0.2, -0.15) is 4.98 Å². The van der Waals surface area contributed by atoms with E-state index < -0.39 is 94.7 Å². The van der Waals surface area contributed by atoms with Crippen molar-refractivity contribution in [3.8, 4) is 0 Å². The third kappa shape index (κ3) is 8.16. The lowest BCUT2D eigenvalue weighted by molar-refractivity contribution is -0.0543. The number of rotatable bonds is 8. The summed E-state index contributed by atoms with van der Waals surface area (Å²) < 4.78 is 42.4. The van der Waals surface area contributed by atoms with Gasteiger partial charge in [0.2, 0.25) is 5.95 Å². The molecule has 12 N–H and O–H groups in total. The quantitative estimate of drug-likeness (QED) is 0.0985. The molecule has 5 heterocycles. The summed E-state index contributed by atoms with van der Waals surface area (Å²) in [7, 11) is -9.52. The van der Waals surface area contributed by atoms with Crippen molar-refractivity contribution < 1.29 is 67.7 Å². The standard InChI is InChI=1S/C10H14N5O8P.C9H13N2O9P/c11-10-13-7-4(8(18)14-10)12-2-15(7)9-6(17)5(16)3(23-9)1-22-24(19,20)21;12-5-1-2-11(9(15)10-5)8-7(14)6(13)4(20-8)3-19-21(16,17)18/h2-3,5-6,9,16-17H,1H2,(H2,19,20,21)(H3,11,13,14,18);1-2,4,6-8,13-14H,3H2,(H,10,12,15)(H2,16,17,18)/t3-,5-,6-,9-;4-,6-,7-,8-/m11/s1. The predicted octanol–water partition coefficient (Wildman–Crippen LogP) is -5.30. The Balaban J connectivity index is 0.000000207. The molecule has 0 unspecified atom stereocenters. The Bertz CT molecular complexity index is 1780. The van der Waals surface area contributed by atoms with Crippen LogP contribution in [0.15, 0.2) is 33.0 Å². The van der Waals surface area contributed by atoms with E-state index in [-0.39, 0.29) is 17.1 Å².